The maximum absolute atomic E-state index is 6.04. The largest absolute Gasteiger partial charge is 0.328 e. The molecule has 2 bridgehead atoms. The van der Waals surface area contributed by atoms with Crippen molar-refractivity contribution in [1.82, 2.24) is 4.90 Å². The fourth-order valence-corrected chi connectivity index (χ4v) is 5.78. The van der Waals surface area contributed by atoms with Crippen molar-refractivity contribution in [2.45, 2.75) is 76.9 Å². The second-order valence-corrected chi connectivity index (χ2v) is 7.93. The van der Waals surface area contributed by atoms with E-state index in [4.69, 9.17) is 5.73 Å². The van der Waals surface area contributed by atoms with Crippen LogP contribution in [0.25, 0.3) is 0 Å². The molecule has 2 nitrogen and oxygen atoms in total. The first-order chi connectivity index (χ1) is 8.38. The Morgan fingerprint density at radius 3 is 2.67 bits per heavy atom. The molecule has 3 aliphatic rings. The summed E-state index contributed by atoms with van der Waals surface area (Å²) >= 11 is 0. The summed E-state index contributed by atoms with van der Waals surface area (Å²) in [5, 5.41) is 0. The highest BCUT2D eigenvalue weighted by atomic mass is 15.3. The molecule has 0 aromatic rings. The summed E-state index contributed by atoms with van der Waals surface area (Å²) in [6.07, 6.45) is 8.40. The number of hydrogen-bond acceptors (Lipinski definition) is 2. The van der Waals surface area contributed by atoms with Crippen LogP contribution in [0.4, 0.5) is 0 Å². The molecule has 6 atom stereocenters. The second kappa shape index (κ2) is 3.96. The van der Waals surface area contributed by atoms with Gasteiger partial charge < -0.3 is 5.73 Å². The van der Waals surface area contributed by atoms with E-state index in [0.717, 1.165) is 17.9 Å². The van der Waals surface area contributed by atoms with E-state index >= 15 is 0 Å². The highest BCUT2D eigenvalue weighted by molar-refractivity contribution is 5.19. The van der Waals surface area contributed by atoms with E-state index in [1.165, 1.54) is 38.5 Å². The number of piperidine rings is 1. The van der Waals surface area contributed by atoms with E-state index in [0.29, 0.717) is 17.0 Å². The monoisotopic (exact) mass is 250 g/mol. The summed E-state index contributed by atoms with van der Waals surface area (Å²) < 4.78 is 0. The Hall–Kier alpha value is -0.0800. The van der Waals surface area contributed by atoms with E-state index in [1.54, 1.807) is 0 Å². The first kappa shape index (κ1) is 12.9. The fraction of sp³-hybridized carbons (Fsp3) is 1.00. The van der Waals surface area contributed by atoms with Crippen molar-refractivity contribution < 1.29 is 0 Å². The highest BCUT2D eigenvalue weighted by Gasteiger charge is 2.65. The zero-order valence-corrected chi connectivity index (χ0v) is 12.6. The van der Waals surface area contributed by atoms with E-state index < -0.39 is 0 Å². The Morgan fingerprint density at radius 1 is 1.33 bits per heavy atom. The predicted octanol–water partition coefficient (Wildman–Crippen LogP) is 3.01. The minimum atomic E-state index is 0.372. The lowest BCUT2D eigenvalue weighted by Gasteiger charge is -2.57. The number of rotatable bonds is 2. The molecule has 0 aromatic carbocycles. The Morgan fingerprint density at radius 2 is 2.06 bits per heavy atom. The van der Waals surface area contributed by atoms with Crippen LogP contribution >= 0.6 is 0 Å². The van der Waals surface area contributed by atoms with Crippen LogP contribution in [0.3, 0.4) is 0 Å². The Labute approximate surface area is 112 Å². The standard InChI is InChI=1S/C16H30N2/c1-11(17)7-13-5-6-15(3)9-14-10-16(15,8-13)18(4)12(14)2/h11-14H,5-10,17H2,1-4H3. The Bertz CT molecular complexity index is 340. The van der Waals surface area contributed by atoms with Crippen molar-refractivity contribution in [2.24, 2.45) is 23.0 Å². The van der Waals surface area contributed by atoms with Gasteiger partial charge in [0.15, 0.2) is 0 Å². The topological polar surface area (TPSA) is 29.3 Å². The fourth-order valence-electron chi connectivity index (χ4n) is 5.78. The number of likely N-dealkylation sites (tertiary alicyclic amines) is 1. The lowest BCUT2D eigenvalue weighted by Crippen LogP contribution is -2.59. The molecule has 2 aliphatic carbocycles. The zero-order valence-electron chi connectivity index (χ0n) is 12.6. The van der Waals surface area contributed by atoms with E-state index in [2.05, 4.69) is 32.7 Å². The molecule has 3 rings (SSSR count). The van der Waals surface area contributed by atoms with Crippen LogP contribution in [0.2, 0.25) is 0 Å². The molecule has 3 fully saturated rings. The van der Waals surface area contributed by atoms with Crippen LogP contribution in [-0.4, -0.2) is 29.6 Å². The molecule has 1 aliphatic heterocycles. The van der Waals surface area contributed by atoms with Crippen LogP contribution in [0.15, 0.2) is 0 Å². The van der Waals surface area contributed by atoms with E-state index in [-0.39, 0.29) is 0 Å². The maximum atomic E-state index is 6.04. The lowest BCUT2D eigenvalue weighted by molar-refractivity contribution is -0.0637. The Kier molecular flexibility index (Phi) is 2.84. The van der Waals surface area contributed by atoms with E-state index in [9.17, 15) is 0 Å². The van der Waals surface area contributed by atoms with Crippen LogP contribution in [0.5, 0.6) is 0 Å². The average molecular weight is 250 g/mol. The molecule has 0 amide bonds. The minimum Gasteiger partial charge on any atom is -0.328 e. The molecule has 1 heterocycles. The quantitative estimate of drug-likeness (QED) is 0.816. The molecular weight excluding hydrogens is 220 g/mol. The third-order valence-electron chi connectivity index (χ3n) is 6.84. The normalized spacial score (nSPS) is 53.5. The van der Waals surface area contributed by atoms with Crippen LogP contribution < -0.4 is 5.73 Å². The van der Waals surface area contributed by atoms with Gasteiger partial charge >= 0.3 is 0 Å². The minimum absolute atomic E-state index is 0.372. The summed E-state index contributed by atoms with van der Waals surface area (Å²) in [4.78, 5) is 2.74. The summed E-state index contributed by atoms with van der Waals surface area (Å²) in [6, 6.07) is 1.17. The van der Waals surface area contributed by atoms with Gasteiger partial charge in [0.1, 0.15) is 0 Å². The molecule has 104 valence electrons. The van der Waals surface area contributed by atoms with Crippen molar-refractivity contribution in [3.63, 3.8) is 0 Å². The third kappa shape index (κ3) is 1.54. The summed E-state index contributed by atoms with van der Waals surface area (Å²) in [6.45, 7) is 7.18. The molecule has 0 radical (unpaired) electrons. The molecule has 2 saturated carbocycles. The second-order valence-electron chi connectivity index (χ2n) is 7.93. The zero-order chi connectivity index (χ0) is 13.1. The van der Waals surface area contributed by atoms with Crippen molar-refractivity contribution in [2.75, 3.05) is 7.05 Å². The molecule has 1 saturated heterocycles. The first-order valence-corrected chi connectivity index (χ1v) is 7.86. The number of nitrogens with two attached hydrogens (primary N) is 1. The molecule has 2 N–H and O–H groups in total. The number of hydrogen-bond donors (Lipinski definition) is 1. The predicted molar refractivity (Wildman–Crippen MR) is 76.4 cm³/mol. The van der Waals surface area contributed by atoms with Crippen LogP contribution in [0.1, 0.15) is 59.3 Å². The van der Waals surface area contributed by atoms with Gasteiger partial charge in [0.05, 0.1) is 0 Å². The average Bonchev–Trinajstić information content (AvgIpc) is 2.70. The van der Waals surface area contributed by atoms with Gasteiger partial charge in [-0.2, -0.15) is 0 Å². The molecule has 0 aromatic heterocycles. The summed E-state index contributed by atoms with van der Waals surface area (Å²) in [5.41, 5.74) is 7.14. The van der Waals surface area contributed by atoms with Gasteiger partial charge in [-0.25, -0.2) is 0 Å². The van der Waals surface area contributed by atoms with E-state index in [1.807, 2.05) is 0 Å². The van der Waals surface area contributed by atoms with Gasteiger partial charge in [-0.1, -0.05) is 6.92 Å². The molecule has 6 unspecified atom stereocenters. The van der Waals surface area contributed by atoms with Gasteiger partial charge in [-0.05, 0) is 76.7 Å². The first-order valence-electron chi connectivity index (χ1n) is 7.86. The van der Waals surface area contributed by atoms with Crippen LogP contribution in [0, 0.1) is 17.3 Å². The van der Waals surface area contributed by atoms with Crippen LogP contribution in [-0.2, 0) is 0 Å². The molecular formula is C16H30N2. The van der Waals surface area contributed by atoms with Gasteiger partial charge in [0, 0.05) is 17.6 Å². The van der Waals surface area contributed by atoms with Gasteiger partial charge in [-0.15, -0.1) is 0 Å². The van der Waals surface area contributed by atoms with Crippen molar-refractivity contribution in [3.8, 4) is 0 Å². The van der Waals surface area contributed by atoms with Gasteiger partial charge in [0.25, 0.3) is 0 Å². The summed E-state index contributed by atoms with van der Waals surface area (Å²) in [7, 11) is 2.39. The van der Waals surface area contributed by atoms with Crippen molar-refractivity contribution in [3.05, 3.63) is 0 Å². The highest BCUT2D eigenvalue weighted by Crippen LogP contribution is 2.66. The summed E-state index contributed by atoms with van der Waals surface area (Å²) in [5.74, 6) is 1.82. The molecule has 2 heteroatoms. The van der Waals surface area contributed by atoms with Gasteiger partial charge in [0.2, 0.25) is 0 Å². The molecule has 18 heavy (non-hydrogen) atoms. The van der Waals surface area contributed by atoms with Crippen molar-refractivity contribution >= 4 is 0 Å². The van der Waals surface area contributed by atoms with Crippen molar-refractivity contribution in [1.29, 1.82) is 0 Å². The smallest absolute Gasteiger partial charge is 0.0269 e. The maximum Gasteiger partial charge on any atom is 0.0269 e. The SMILES string of the molecule is CC(N)CC1CCC2(C)CC3CC2(C1)N(C)C3C. The Balaban J connectivity index is 1.85. The lowest BCUT2D eigenvalue weighted by atomic mass is 9.59. The molecule has 1 spiro atoms. The number of nitrogens with zero attached hydrogens (tertiary/aromatic N) is 1. The number of fused-ring (bicyclic) bond motifs is 1. The van der Waals surface area contributed by atoms with Gasteiger partial charge in [-0.3, -0.25) is 4.90 Å². The third-order valence-corrected chi connectivity index (χ3v) is 6.84.